The summed E-state index contributed by atoms with van der Waals surface area (Å²) in [5.74, 6) is -1.60. The zero-order chi connectivity index (χ0) is 25.8. The molecular formula is C25H16Cl3N3O4S. The van der Waals surface area contributed by atoms with E-state index in [0.717, 1.165) is 0 Å². The van der Waals surface area contributed by atoms with Gasteiger partial charge in [0.15, 0.2) is 17.5 Å². The third-order valence-electron chi connectivity index (χ3n) is 4.92. The number of nitrogens with zero attached hydrogens (tertiary/aromatic N) is 1. The fraction of sp³-hybridized carbons (Fsp3) is 0.0400. The molecule has 4 rings (SSSR count). The molecule has 0 bridgehead atoms. The number of thiocarbonyl (C=S) groups is 1. The SMILES string of the molecule is O=C(COc1c(Cl)cc(/C=C2/C(=O)NC(=S)N(c3ccccc3)C2=O)cc1Cl)Nc1ccc(Cl)cc1. The number of rotatable bonds is 6. The van der Waals surface area contributed by atoms with Crippen LogP contribution in [0.25, 0.3) is 6.08 Å². The number of para-hydroxylation sites is 1. The van der Waals surface area contributed by atoms with Gasteiger partial charge in [-0.3, -0.25) is 24.6 Å². The van der Waals surface area contributed by atoms with Crippen molar-refractivity contribution in [3.63, 3.8) is 0 Å². The van der Waals surface area contributed by atoms with E-state index in [1.54, 1.807) is 54.6 Å². The zero-order valence-corrected chi connectivity index (χ0v) is 21.3. The van der Waals surface area contributed by atoms with Crippen molar-refractivity contribution in [1.29, 1.82) is 0 Å². The first-order valence-corrected chi connectivity index (χ1v) is 11.9. The van der Waals surface area contributed by atoms with Crippen molar-refractivity contribution in [3.8, 4) is 5.75 Å². The van der Waals surface area contributed by atoms with Crippen LogP contribution in [0.1, 0.15) is 5.56 Å². The minimum absolute atomic E-state index is 0.0231. The van der Waals surface area contributed by atoms with Gasteiger partial charge in [-0.05, 0) is 72.4 Å². The normalized spacial score (nSPS) is 14.6. The number of amides is 3. The largest absolute Gasteiger partial charge is 0.481 e. The van der Waals surface area contributed by atoms with E-state index in [9.17, 15) is 14.4 Å². The Morgan fingerprint density at radius 1 is 1.00 bits per heavy atom. The van der Waals surface area contributed by atoms with E-state index in [4.69, 9.17) is 51.8 Å². The molecule has 11 heteroatoms. The Morgan fingerprint density at radius 3 is 2.28 bits per heavy atom. The number of halogens is 3. The molecule has 2 N–H and O–H groups in total. The quantitative estimate of drug-likeness (QED) is 0.236. The highest BCUT2D eigenvalue weighted by Gasteiger charge is 2.34. The lowest BCUT2D eigenvalue weighted by atomic mass is 10.1. The lowest BCUT2D eigenvalue weighted by molar-refractivity contribution is -0.122. The number of ether oxygens (including phenoxy) is 1. The molecule has 36 heavy (non-hydrogen) atoms. The third kappa shape index (κ3) is 5.85. The first-order chi connectivity index (χ1) is 17.2. The van der Waals surface area contributed by atoms with Gasteiger partial charge >= 0.3 is 0 Å². The van der Waals surface area contributed by atoms with E-state index in [0.29, 0.717) is 22.0 Å². The topological polar surface area (TPSA) is 87.7 Å². The Hall–Kier alpha value is -3.43. The van der Waals surface area contributed by atoms with Crippen molar-refractivity contribution in [2.75, 3.05) is 16.8 Å². The van der Waals surface area contributed by atoms with Crippen molar-refractivity contribution < 1.29 is 19.1 Å². The van der Waals surface area contributed by atoms with Crippen molar-refractivity contribution in [2.24, 2.45) is 0 Å². The van der Waals surface area contributed by atoms with E-state index in [1.807, 2.05) is 0 Å². The van der Waals surface area contributed by atoms with E-state index in [-0.39, 0.29) is 33.1 Å². The van der Waals surface area contributed by atoms with Crippen LogP contribution in [0.15, 0.2) is 72.3 Å². The highest BCUT2D eigenvalue weighted by atomic mass is 35.5. The molecule has 3 aromatic carbocycles. The minimum atomic E-state index is -0.649. The van der Waals surface area contributed by atoms with Crippen LogP contribution >= 0.6 is 47.0 Å². The van der Waals surface area contributed by atoms with Crippen molar-refractivity contribution >= 4 is 87.3 Å². The number of carbonyl (C=O) groups excluding carboxylic acids is 3. The molecule has 182 valence electrons. The Kier molecular flexibility index (Phi) is 7.91. The molecular weight excluding hydrogens is 545 g/mol. The maximum absolute atomic E-state index is 13.1. The lowest BCUT2D eigenvalue weighted by Crippen LogP contribution is -2.54. The minimum Gasteiger partial charge on any atom is -0.481 e. The van der Waals surface area contributed by atoms with Crippen LogP contribution in [0.5, 0.6) is 5.75 Å². The summed E-state index contributed by atoms with van der Waals surface area (Å²) in [4.78, 5) is 39.1. The number of anilines is 2. The van der Waals surface area contributed by atoms with Gasteiger partial charge in [-0.2, -0.15) is 0 Å². The monoisotopic (exact) mass is 559 g/mol. The molecule has 0 atom stereocenters. The standard InChI is InChI=1S/C25H16Cl3N3O4S/c26-15-6-8-16(9-7-15)29-21(32)13-35-22-19(27)11-14(12-20(22)28)10-18-23(33)30-25(36)31(24(18)34)17-4-2-1-3-5-17/h1-12H,13H2,(H,29,32)(H,30,33,36)/b18-10-. The van der Waals surface area contributed by atoms with Crippen LogP contribution in [-0.4, -0.2) is 29.4 Å². The Balaban J connectivity index is 1.51. The van der Waals surface area contributed by atoms with E-state index < -0.39 is 17.7 Å². The summed E-state index contributed by atoms with van der Waals surface area (Å²) in [6.45, 7) is -0.354. The van der Waals surface area contributed by atoms with Crippen LogP contribution in [0.2, 0.25) is 15.1 Å². The van der Waals surface area contributed by atoms with Gasteiger partial charge < -0.3 is 10.1 Å². The molecule has 1 heterocycles. The van der Waals surface area contributed by atoms with Gasteiger partial charge in [0.25, 0.3) is 17.7 Å². The number of nitrogens with one attached hydrogen (secondary N) is 2. The molecule has 3 aromatic rings. The molecule has 0 saturated carbocycles. The Morgan fingerprint density at radius 2 is 1.64 bits per heavy atom. The predicted octanol–water partition coefficient (Wildman–Crippen LogP) is 5.50. The highest BCUT2D eigenvalue weighted by molar-refractivity contribution is 7.80. The van der Waals surface area contributed by atoms with Gasteiger partial charge in [0.2, 0.25) is 0 Å². The summed E-state index contributed by atoms with van der Waals surface area (Å²) in [5, 5.41) is 5.87. The molecule has 1 saturated heterocycles. The average Bonchev–Trinajstić information content (AvgIpc) is 2.83. The lowest BCUT2D eigenvalue weighted by Gasteiger charge is -2.28. The fourth-order valence-corrected chi connectivity index (χ4v) is 4.32. The predicted molar refractivity (Wildman–Crippen MR) is 145 cm³/mol. The summed E-state index contributed by atoms with van der Waals surface area (Å²) in [5.41, 5.74) is 1.28. The van der Waals surface area contributed by atoms with Gasteiger partial charge in [-0.25, -0.2) is 0 Å². The van der Waals surface area contributed by atoms with Crippen LogP contribution in [0.4, 0.5) is 11.4 Å². The fourth-order valence-electron chi connectivity index (χ4n) is 3.30. The summed E-state index contributed by atoms with van der Waals surface area (Å²) in [7, 11) is 0. The zero-order valence-electron chi connectivity index (χ0n) is 18.3. The van der Waals surface area contributed by atoms with Crippen LogP contribution in [-0.2, 0) is 14.4 Å². The number of benzene rings is 3. The van der Waals surface area contributed by atoms with Gasteiger partial charge in [-0.15, -0.1) is 0 Å². The first-order valence-electron chi connectivity index (χ1n) is 10.4. The molecule has 0 aromatic heterocycles. The van der Waals surface area contributed by atoms with Gasteiger partial charge in [0.1, 0.15) is 5.57 Å². The smallest absolute Gasteiger partial charge is 0.270 e. The molecule has 1 fully saturated rings. The van der Waals surface area contributed by atoms with E-state index >= 15 is 0 Å². The number of hydrogen-bond acceptors (Lipinski definition) is 5. The maximum atomic E-state index is 13.1. The summed E-state index contributed by atoms with van der Waals surface area (Å²) in [6.07, 6.45) is 1.35. The van der Waals surface area contributed by atoms with Crippen LogP contribution in [0.3, 0.4) is 0 Å². The molecule has 1 aliphatic heterocycles. The van der Waals surface area contributed by atoms with Gasteiger partial charge in [-0.1, -0.05) is 53.0 Å². The Labute approximate surface area is 226 Å². The second-order valence-corrected chi connectivity index (χ2v) is 9.09. The average molecular weight is 561 g/mol. The van der Waals surface area contributed by atoms with Gasteiger partial charge in [0.05, 0.1) is 15.7 Å². The second kappa shape index (κ2) is 11.1. The summed E-state index contributed by atoms with van der Waals surface area (Å²) in [6, 6.07) is 18.2. The first kappa shape index (κ1) is 25.7. The van der Waals surface area contributed by atoms with E-state index in [1.165, 1.54) is 23.1 Å². The van der Waals surface area contributed by atoms with Crippen LogP contribution in [0, 0.1) is 0 Å². The molecule has 0 spiro atoms. The summed E-state index contributed by atoms with van der Waals surface area (Å²) < 4.78 is 5.51. The molecule has 0 unspecified atom stereocenters. The maximum Gasteiger partial charge on any atom is 0.270 e. The van der Waals surface area contributed by atoms with E-state index in [2.05, 4.69) is 10.6 Å². The molecule has 0 aliphatic carbocycles. The number of carbonyl (C=O) groups is 3. The second-order valence-electron chi connectivity index (χ2n) is 7.45. The van der Waals surface area contributed by atoms with Gasteiger partial charge in [0, 0.05) is 10.7 Å². The molecule has 0 radical (unpaired) electrons. The molecule has 7 nitrogen and oxygen atoms in total. The Bertz CT molecular complexity index is 1370. The van der Waals surface area contributed by atoms with Crippen molar-refractivity contribution in [3.05, 3.63) is 92.9 Å². The number of hydrogen-bond donors (Lipinski definition) is 2. The van der Waals surface area contributed by atoms with Crippen molar-refractivity contribution in [1.82, 2.24) is 5.32 Å². The molecule has 3 amide bonds. The van der Waals surface area contributed by atoms with Crippen molar-refractivity contribution in [2.45, 2.75) is 0 Å². The summed E-state index contributed by atoms with van der Waals surface area (Å²) >= 11 is 23.7. The van der Waals surface area contributed by atoms with Crippen LogP contribution < -0.4 is 20.3 Å². The molecule has 1 aliphatic rings. The highest BCUT2D eigenvalue weighted by Crippen LogP contribution is 2.35. The third-order valence-corrected chi connectivity index (χ3v) is 6.02.